The van der Waals surface area contributed by atoms with Gasteiger partial charge < -0.3 is 5.11 Å². The van der Waals surface area contributed by atoms with Crippen LogP contribution in [0.5, 0.6) is 0 Å². The molecule has 0 aromatic carbocycles. The number of hydrogen-bond donors (Lipinski definition) is 1. The predicted molar refractivity (Wildman–Crippen MR) is 40.1 cm³/mol. The van der Waals surface area contributed by atoms with Crippen molar-refractivity contribution in [2.75, 3.05) is 19.6 Å². The van der Waals surface area contributed by atoms with Gasteiger partial charge in [0.2, 0.25) is 0 Å². The Morgan fingerprint density at radius 1 is 1.55 bits per heavy atom. The largest absolute Gasteiger partial charge is 0.392 e. The lowest BCUT2D eigenvalue weighted by atomic mass is 10.3. The Labute approximate surface area is 66.0 Å². The van der Waals surface area contributed by atoms with E-state index in [1.54, 1.807) is 0 Å². The average Bonchev–Trinajstić information content (AvgIpc) is 2.49. The van der Waals surface area contributed by atoms with Gasteiger partial charge in [0.05, 0.1) is 6.10 Å². The molecule has 0 radical (unpaired) electrons. The van der Waals surface area contributed by atoms with Crippen LogP contribution in [0.2, 0.25) is 0 Å². The second-order valence-corrected chi connectivity index (χ2v) is 3.83. The molecular weight excluding hydrogens is 145 g/mol. The third-order valence-corrected chi connectivity index (χ3v) is 2.55. The number of nitrogens with zero attached hydrogens (tertiary/aromatic N) is 1. The van der Waals surface area contributed by atoms with Crippen LogP contribution in [0.4, 0.5) is 4.39 Å². The molecule has 2 rings (SSSR count). The topological polar surface area (TPSA) is 23.5 Å². The van der Waals surface area contributed by atoms with Gasteiger partial charge in [-0.05, 0) is 19.3 Å². The standard InChI is InChI=1S/C8H14FNO/c9-8(2-3-8)6-10-4-1-7(11)5-10/h7,11H,1-6H2/t7-/m1/s1. The zero-order chi connectivity index (χ0) is 7.90. The van der Waals surface area contributed by atoms with E-state index in [1.807, 2.05) is 4.90 Å². The number of aliphatic hydroxyl groups is 1. The summed E-state index contributed by atoms with van der Waals surface area (Å²) in [6.45, 7) is 2.09. The summed E-state index contributed by atoms with van der Waals surface area (Å²) in [5, 5.41) is 9.15. The minimum atomic E-state index is -0.885. The van der Waals surface area contributed by atoms with E-state index in [1.165, 1.54) is 0 Å². The summed E-state index contributed by atoms with van der Waals surface area (Å²) in [7, 11) is 0. The van der Waals surface area contributed by atoms with Crippen molar-refractivity contribution < 1.29 is 9.50 Å². The number of rotatable bonds is 2. The molecule has 2 fully saturated rings. The lowest BCUT2D eigenvalue weighted by Crippen LogP contribution is -2.30. The first kappa shape index (κ1) is 7.50. The molecule has 1 saturated heterocycles. The molecule has 1 aliphatic heterocycles. The number of β-amino-alcohol motifs (C(OH)–C–C–N with tert-alkyl or cyclic N) is 1. The van der Waals surface area contributed by atoms with Crippen LogP contribution in [-0.2, 0) is 0 Å². The monoisotopic (exact) mass is 159 g/mol. The molecule has 0 unspecified atom stereocenters. The molecule has 1 atom stereocenters. The van der Waals surface area contributed by atoms with Crippen molar-refractivity contribution in [2.45, 2.75) is 31.0 Å². The predicted octanol–water partition coefficient (Wildman–Crippen LogP) is 0.555. The second kappa shape index (κ2) is 2.42. The zero-order valence-electron chi connectivity index (χ0n) is 6.59. The van der Waals surface area contributed by atoms with Gasteiger partial charge in [-0.2, -0.15) is 0 Å². The molecule has 2 aliphatic rings. The summed E-state index contributed by atoms with van der Waals surface area (Å²) in [5.74, 6) is 0. The Balaban J connectivity index is 1.79. The quantitative estimate of drug-likeness (QED) is 0.636. The summed E-state index contributed by atoms with van der Waals surface area (Å²) >= 11 is 0. The van der Waals surface area contributed by atoms with Gasteiger partial charge in [0, 0.05) is 19.6 Å². The van der Waals surface area contributed by atoms with E-state index in [0.717, 1.165) is 25.8 Å². The molecule has 0 aromatic rings. The maximum Gasteiger partial charge on any atom is 0.123 e. The lowest BCUT2D eigenvalue weighted by Gasteiger charge is -2.16. The van der Waals surface area contributed by atoms with Crippen LogP contribution in [0.1, 0.15) is 19.3 Å². The Hall–Kier alpha value is -0.150. The maximum atomic E-state index is 13.2. The van der Waals surface area contributed by atoms with Crippen molar-refractivity contribution in [2.24, 2.45) is 0 Å². The molecule has 0 amide bonds. The molecule has 0 bridgehead atoms. The Kier molecular flexibility index (Phi) is 1.65. The van der Waals surface area contributed by atoms with E-state index >= 15 is 0 Å². The SMILES string of the molecule is O[C@@H]1CCN(CC2(F)CC2)C1. The molecule has 1 heterocycles. The van der Waals surface area contributed by atoms with Crippen LogP contribution in [0.15, 0.2) is 0 Å². The fourth-order valence-corrected chi connectivity index (χ4v) is 1.65. The van der Waals surface area contributed by atoms with Crippen molar-refractivity contribution >= 4 is 0 Å². The van der Waals surface area contributed by atoms with Crippen LogP contribution >= 0.6 is 0 Å². The third-order valence-electron chi connectivity index (χ3n) is 2.55. The highest BCUT2D eigenvalue weighted by Gasteiger charge is 2.45. The van der Waals surface area contributed by atoms with Crippen molar-refractivity contribution in [1.82, 2.24) is 4.90 Å². The molecular formula is C8H14FNO. The summed E-state index contributed by atoms with van der Waals surface area (Å²) in [5.41, 5.74) is -0.885. The summed E-state index contributed by atoms with van der Waals surface area (Å²) in [4.78, 5) is 2.03. The Morgan fingerprint density at radius 3 is 2.73 bits per heavy atom. The Morgan fingerprint density at radius 2 is 2.27 bits per heavy atom. The van der Waals surface area contributed by atoms with Crippen LogP contribution in [0.3, 0.4) is 0 Å². The molecule has 1 saturated carbocycles. The molecule has 11 heavy (non-hydrogen) atoms. The highest BCUT2D eigenvalue weighted by atomic mass is 19.1. The Bertz CT molecular complexity index is 158. The number of hydrogen-bond acceptors (Lipinski definition) is 2. The van der Waals surface area contributed by atoms with Crippen molar-refractivity contribution in [1.29, 1.82) is 0 Å². The highest BCUT2D eigenvalue weighted by molar-refractivity contribution is 4.97. The van der Waals surface area contributed by atoms with Gasteiger partial charge >= 0.3 is 0 Å². The zero-order valence-corrected chi connectivity index (χ0v) is 6.59. The fourth-order valence-electron chi connectivity index (χ4n) is 1.65. The number of aliphatic hydroxyl groups excluding tert-OH is 1. The van der Waals surface area contributed by atoms with E-state index in [9.17, 15) is 4.39 Å². The number of halogens is 1. The van der Waals surface area contributed by atoms with Gasteiger partial charge in [-0.3, -0.25) is 4.90 Å². The summed E-state index contributed by atoms with van der Waals surface area (Å²) in [6.07, 6.45) is 2.05. The van der Waals surface area contributed by atoms with Crippen LogP contribution < -0.4 is 0 Å². The molecule has 0 aromatic heterocycles. The normalized spacial score (nSPS) is 36.0. The maximum absolute atomic E-state index is 13.2. The van der Waals surface area contributed by atoms with Crippen LogP contribution in [-0.4, -0.2) is 41.4 Å². The number of likely N-dealkylation sites (tertiary alicyclic amines) is 1. The lowest BCUT2D eigenvalue weighted by molar-refractivity contribution is 0.155. The van der Waals surface area contributed by atoms with E-state index in [0.29, 0.717) is 13.1 Å². The van der Waals surface area contributed by atoms with Gasteiger partial charge in [0.15, 0.2) is 0 Å². The molecule has 1 aliphatic carbocycles. The van der Waals surface area contributed by atoms with Crippen molar-refractivity contribution in [3.8, 4) is 0 Å². The molecule has 0 spiro atoms. The third kappa shape index (κ3) is 1.71. The summed E-state index contributed by atoms with van der Waals surface area (Å²) < 4.78 is 13.2. The highest BCUT2D eigenvalue weighted by Crippen LogP contribution is 2.40. The van der Waals surface area contributed by atoms with Gasteiger partial charge in [0.1, 0.15) is 5.67 Å². The number of alkyl halides is 1. The fraction of sp³-hybridized carbons (Fsp3) is 1.00. The van der Waals surface area contributed by atoms with Crippen LogP contribution in [0, 0.1) is 0 Å². The molecule has 1 N–H and O–H groups in total. The molecule has 3 heteroatoms. The van der Waals surface area contributed by atoms with E-state index in [4.69, 9.17) is 5.11 Å². The van der Waals surface area contributed by atoms with E-state index < -0.39 is 5.67 Å². The van der Waals surface area contributed by atoms with Crippen LogP contribution in [0.25, 0.3) is 0 Å². The molecule has 2 nitrogen and oxygen atoms in total. The minimum Gasteiger partial charge on any atom is -0.392 e. The van der Waals surface area contributed by atoms with E-state index in [-0.39, 0.29) is 6.10 Å². The molecule has 64 valence electrons. The van der Waals surface area contributed by atoms with Gasteiger partial charge in [0.25, 0.3) is 0 Å². The average molecular weight is 159 g/mol. The summed E-state index contributed by atoms with van der Waals surface area (Å²) in [6, 6.07) is 0. The van der Waals surface area contributed by atoms with Gasteiger partial charge in [-0.15, -0.1) is 0 Å². The van der Waals surface area contributed by atoms with Crippen molar-refractivity contribution in [3.05, 3.63) is 0 Å². The first-order valence-electron chi connectivity index (χ1n) is 4.27. The van der Waals surface area contributed by atoms with Gasteiger partial charge in [-0.1, -0.05) is 0 Å². The van der Waals surface area contributed by atoms with Crippen molar-refractivity contribution in [3.63, 3.8) is 0 Å². The minimum absolute atomic E-state index is 0.211. The smallest absolute Gasteiger partial charge is 0.123 e. The second-order valence-electron chi connectivity index (χ2n) is 3.83. The van der Waals surface area contributed by atoms with E-state index in [2.05, 4.69) is 0 Å². The first-order valence-corrected chi connectivity index (χ1v) is 4.27. The van der Waals surface area contributed by atoms with Gasteiger partial charge in [-0.25, -0.2) is 4.39 Å². The first-order chi connectivity index (χ1) is 5.18.